The van der Waals surface area contributed by atoms with Crippen LogP contribution in [0.5, 0.6) is 0 Å². The average Bonchev–Trinajstić information content (AvgIpc) is 3.40. The predicted molar refractivity (Wildman–Crippen MR) is 306 cm³/mol. The molecule has 0 spiro atoms. The maximum atomic E-state index is 13.0. The van der Waals surface area contributed by atoms with Crippen molar-refractivity contribution < 1.29 is 49.3 Å². The first-order valence-electron chi connectivity index (χ1n) is 32.0. The van der Waals surface area contributed by atoms with Crippen molar-refractivity contribution in [3.8, 4) is 0 Å². The van der Waals surface area contributed by atoms with Crippen LogP contribution in [0, 0.1) is 0 Å². The quantitative estimate of drug-likeness (QED) is 0.0195. The maximum absolute atomic E-state index is 13.0. The molecule has 1 aliphatic heterocycles. The van der Waals surface area contributed by atoms with Gasteiger partial charge < -0.3 is 45.1 Å². The molecule has 0 radical (unpaired) electrons. The van der Waals surface area contributed by atoms with Crippen molar-refractivity contribution in [3.63, 3.8) is 0 Å². The van der Waals surface area contributed by atoms with Gasteiger partial charge in [0.05, 0.1) is 32.0 Å². The summed E-state index contributed by atoms with van der Waals surface area (Å²) >= 11 is 0. The van der Waals surface area contributed by atoms with E-state index in [-0.39, 0.29) is 18.5 Å². The van der Waals surface area contributed by atoms with E-state index in [0.29, 0.717) is 19.4 Å². The Bertz CT molecular complexity index is 1240. The molecule has 0 aromatic heterocycles. The average molecular weight is 1050 g/mol. The molecule has 1 saturated heterocycles. The molecule has 11 heteroatoms. The van der Waals surface area contributed by atoms with Gasteiger partial charge in [0.25, 0.3) is 0 Å². The normalized spacial score (nSPS) is 18.8. The molecule has 1 aliphatic rings. The third kappa shape index (κ3) is 42.4. The van der Waals surface area contributed by atoms with E-state index < -0.39 is 49.5 Å². The van der Waals surface area contributed by atoms with E-state index in [9.17, 15) is 35.1 Å². The van der Waals surface area contributed by atoms with E-state index >= 15 is 0 Å². The van der Waals surface area contributed by atoms with Crippen molar-refractivity contribution in [1.29, 1.82) is 0 Å². The van der Waals surface area contributed by atoms with E-state index in [1.54, 1.807) is 6.08 Å². The molecule has 11 nitrogen and oxygen atoms in total. The summed E-state index contributed by atoms with van der Waals surface area (Å²) in [6.07, 6.45) is 53.3. The van der Waals surface area contributed by atoms with Gasteiger partial charge in [0.1, 0.15) is 24.4 Å². The van der Waals surface area contributed by atoms with Crippen LogP contribution in [0.1, 0.15) is 316 Å². The Morgan fingerprint density at radius 3 is 1.26 bits per heavy atom. The summed E-state index contributed by atoms with van der Waals surface area (Å²) in [5, 5.41) is 54.2. The highest BCUT2D eigenvalue weighted by molar-refractivity contribution is 5.76. The summed E-state index contributed by atoms with van der Waals surface area (Å²) in [7, 11) is 0. The van der Waals surface area contributed by atoms with Crippen molar-refractivity contribution in [1.82, 2.24) is 5.32 Å². The number of rotatable bonds is 56. The summed E-state index contributed by atoms with van der Waals surface area (Å²) in [5.41, 5.74) is 0. The van der Waals surface area contributed by atoms with Crippen molar-refractivity contribution in [2.75, 3.05) is 19.8 Å². The van der Waals surface area contributed by atoms with Gasteiger partial charge in [-0.3, -0.25) is 9.59 Å². The van der Waals surface area contributed by atoms with Gasteiger partial charge in [-0.2, -0.15) is 0 Å². The molecule has 0 bridgehead atoms. The van der Waals surface area contributed by atoms with E-state index in [2.05, 4.69) is 19.2 Å². The number of esters is 1. The van der Waals surface area contributed by atoms with Crippen LogP contribution in [-0.4, -0.2) is 100 Å². The van der Waals surface area contributed by atoms with E-state index in [0.717, 1.165) is 64.2 Å². The number of ether oxygens (including phenoxy) is 3. The van der Waals surface area contributed by atoms with Gasteiger partial charge in [0.15, 0.2) is 6.29 Å². The Morgan fingerprint density at radius 1 is 0.486 bits per heavy atom. The summed E-state index contributed by atoms with van der Waals surface area (Å²) in [6.45, 7) is 4.33. The van der Waals surface area contributed by atoms with E-state index in [1.807, 2.05) is 6.08 Å². The number of hydrogen-bond donors (Lipinski definition) is 6. The number of aliphatic hydroxyl groups is 5. The van der Waals surface area contributed by atoms with Crippen LogP contribution in [0.4, 0.5) is 0 Å². The Labute approximate surface area is 455 Å². The molecule has 74 heavy (non-hydrogen) atoms. The Balaban J connectivity index is 1.97. The van der Waals surface area contributed by atoms with Gasteiger partial charge >= 0.3 is 5.97 Å². The van der Waals surface area contributed by atoms with E-state index in [1.165, 1.54) is 225 Å². The third-order valence-electron chi connectivity index (χ3n) is 15.4. The fourth-order valence-corrected chi connectivity index (χ4v) is 10.3. The lowest BCUT2D eigenvalue weighted by molar-refractivity contribution is -0.302. The molecule has 1 amide bonds. The lowest BCUT2D eigenvalue weighted by Crippen LogP contribution is -2.60. The van der Waals surface area contributed by atoms with Crippen LogP contribution in [-0.2, 0) is 23.8 Å². The van der Waals surface area contributed by atoms with Crippen LogP contribution in [0.25, 0.3) is 0 Å². The number of amides is 1. The van der Waals surface area contributed by atoms with Crippen molar-refractivity contribution in [3.05, 3.63) is 12.2 Å². The Kier molecular flexibility index (Phi) is 50.8. The van der Waals surface area contributed by atoms with Crippen LogP contribution >= 0.6 is 0 Å². The number of hydrogen-bond acceptors (Lipinski definition) is 10. The van der Waals surface area contributed by atoms with Gasteiger partial charge in [-0.25, -0.2) is 0 Å². The molecule has 0 aliphatic carbocycles. The molecule has 1 heterocycles. The Morgan fingerprint density at radius 2 is 0.851 bits per heavy atom. The van der Waals surface area contributed by atoms with Gasteiger partial charge in [-0.15, -0.1) is 0 Å². The van der Waals surface area contributed by atoms with Crippen molar-refractivity contribution in [2.45, 2.75) is 358 Å². The minimum absolute atomic E-state index is 0.000852. The molecule has 1 fully saturated rings. The molecule has 0 saturated carbocycles. The molecule has 1 rings (SSSR count). The van der Waals surface area contributed by atoms with Crippen LogP contribution < -0.4 is 5.32 Å². The summed E-state index contributed by atoms with van der Waals surface area (Å²) in [5.74, 6) is -0.186. The second-order valence-electron chi connectivity index (χ2n) is 22.5. The summed E-state index contributed by atoms with van der Waals surface area (Å²) in [6, 6.07) is -0.810. The highest BCUT2D eigenvalue weighted by atomic mass is 16.7. The smallest absolute Gasteiger partial charge is 0.305 e. The minimum Gasteiger partial charge on any atom is -0.466 e. The largest absolute Gasteiger partial charge is 0.466 e. The van der Waals surface area contributed by atoms with Crippen LogP contribution in [0.15, 0.2) is 12.2 Å². The zero-order valence-corrected chi connectivity index (χ0v) is 48.3. The molecular formula is C63H121NO10. The fraction of sp³-hybridized carbons (Fsp3) is 0.937. The Hall–Kier alpha value is -1.60. The molecule has 0 aromatic rings. The van der Waals surface area contributed by atoms with E-state index in [4.69, 9.17) is 14.2 Å². The topological polar surface area (TPSA) is 175 Å². The van der Waals surface area contributed by atoms with Gasteiger partial charge in [0, 0.05) is 12.8 Å². The number of aliphatic hydroxyl groups excluding tert-OH is 5. The summed E-state index contributed by atoms with van der Waals surface area (Å²) < 4.78 is 16.7. The molecule has 0 aromatic carbocycles. The molecule has 7 unspecified atom stereocenters. The lowest BCUT2D eigenvalue weighted by Gasteiger charge is -2.40. The summed E-state index contributed by atoms with van der Waals surface area (Å²) in [4.78, 5) is 25.1. The number of carbonyl (C=O) groups excluding carboxylic acids is 2. The second-order valence-corrected chi connectivity index (χ2v) is 22.5. The zero-order chi connectivity index (χ0) is 53.8. The zero-order valence-electron chi connectivity index (χ0n) is 48.3. The first kappa shape index (κ1) is 70.4. The molecule has 7 atom stereocenters. The number of allylic oxidation sites excluding steroid dienone is 1. The SMILES string of the molecule is CCCCCCCCC/C=C/C(O)C(COC1OC(CO)C(O)C(O)C1O)NC(=O)CCCCCCCCCCCCCCCCCCCCCOC(=O)CCCCCCCCCCCCCCCCCCCC. The maximum Gasteiger partial charge on any atom is 0.305 e. The lowest BCUT2D eigenvalue weighted by atomic mass is 9.99. The first-order chi connectivity index (χ1) is 36.2. The number of nitrogens with one attached hydrogen (secondary N) is 1. The standard InChI is InChI=1S/C63H121NO10/c1-3-5-7-9-11-13-14-15-16-17-22-25-28-31-35-39-43-47-51-59(68)72-52-48-44-40-36-32-29-26-23-20-18-19-21-24-27-30-34-38-42-46-50-58(67)64-55(56(66)49-45-41-37-33-12-10-8-6-4-2)54-73-63-62(71)61(70)60(69)57(53-65)74-63/h45,49,55-57,60-63,65-66,69-71H,3-44,46-48,50-54H2,1-2H3,(H,64,67)/b49-45+. The van der Waals surface area contributed by atoms with Gasteiger partial charge in [-0.05, 0) is 32.1 Å². The third-order valence-corrected chi connectivity index (χ3v) is 15.4. The highest BCUT2D eigenvalue weighted by Crippen LogP contribution is 2.23. The van der Waals surface area contributed by atoms with Gasteiger partial charge in [0.2, 0.25) is 5.91 Å². The minimum atomic E-state index is -1.57. The second kappa shape index (κ2) is 53.4. The van der Waals surface area contributed by atoms with Crippen molar-refractivity contribution >= 4 is 11.9 Å². The molecular weight excluding hydrogens is 931 g/mol. The first-order valence-corrected chi connectivity index (χ1v) is 32.0. The molecule has 6 N–H and O–H groups in total. The van der Waals surface area contributed by atoms with Crippen LogP contribution in [0.3, 0.4) is 0 Å². The van der Waals surface area contributed by atoms with Gasteiger partial charge in [-0.1, -0.05) is 283 Å². The number of carbonyl (C=O) groups is 2. The predicted octanol–water partition coefficient (Wildman–Crippen LogP) is 15.1. The molecule has 438 valence electrons. The monoisotopic (exact) mass is 1050 g/mol. The van der Waals surface area contributed by atoms with Crippen molar-refractivity contribution in [2.24, 2.45) is 0 Å². The fourth-order valence-electron chi connectivity index (χ4n) is 10.3. The van der Waals surface area contributed by atoms with Crippen LogP contribution in [0.2, 0.25) is 0 Å². The number of unbranched alkanes of at least 4 members (excludes halogenated alkanes) is 42. The highest BCUT2D eigenvalue weighted by Gasteiger charge is 2.44.